The number of hydrogen-bond donors (Lipinski definition) is 1. The van der Waals surface area contributed by atoms with Gasteiger partial charge >= 0.3 is 0 Å². The molecule has 6 nitrogen and oxygen atoms in total. The van der Waals surface area contributed by atoms with E-state index in [1.165, 1.54) is 0 Å². The fraction of sp³-hybridized carbons (Fsp3) is 0.387. The molecule has 0 bridgehead atoms. The maximum absolute atomic E-state index is 13.3. The Morgan fingerprint density at radius 1 is 1.00 bits per heavy atom. The van der Waals surface area contributed by atoms with Crippen LogP contribution in [0.1, 0.15) is 68.1 Å². The molecule has 5 rings (SSSR count). The van der Waals surface area contributed by atoms with E-state index in [2.05, 4.69) is 33.1 Å². The lowest BCUT2D eigenvalue weighted by molar-refractivity contribution is -0.118. The zero-order valence-electron chi connectivity index (χ0n) is 22.2. The van der Waals surface area contributed by atoms with Crippen molar-refractivity contribution in [1.29, 1.82) is 0 Å². The summed E-state index contributed by atoms with van der Waals surface area (Å²) >= 11 is 3.61. The third kappa shape index (κ3) is 4.84. The van der Waals surface area contributed by atoms with Gasteiger partial charge in [0.15, 0.2) is 18.2 Å². The van der Waals surface area contributed by atoms with Crippen molar-refractivity contribution in [3.05, 3.63) is 80.1 Å². The summed E-state index contributed by atoms with van der Waals surface area (Å²) in [4.78, 5) is 41.4. The first-order valence-corrected chi connectivity index (χ1v) is 14.2. The SMILES string of the molecule is CCN1C2=C(C(=O)CCC2)C(c2ccc(OCC(=O)Nc3cccc(C)c3C)c(Br)c2)C2=C1CCCC2=O. The van der Waals surface area contributed by atoms with Gasteiger partial charge in [-0.15, -0.1) is 0 Å². The number of carbonyl (C=O) groups is 3. The summed E-state index contributed by atoms with van der Waals surface area (Å²) < 4.78 is 6.53. The lowest BCUT2D eigenvalue weighted by atomic mass is 9.71. The number of hydrogen-bond acceptors (Lipinski definition) is 5. The molecule has 0 spiro atoms. The minimum atomic E-state index is -0.360. The topological polar surface area (TPSA) is 75.7 Å². The zero-order valence-corrected chi connectivity index (χ0v) is 23.7. The number of halogens is 1. The van der Waals surface area contributed by atoms with E-state index in [0.29, 0.717) is 23.1 Å². The molecule has 7 heteroatoms. The third-order valence-electron chi connectivity index (χ3n) is 7.93. The molecule has 2 aliphatic carbocycles. The van der Waals surface area contributed by atoms with Crippen LogP contribution in [0.3, 0.4) is 0 Å². The van der Waals surface area contributed by atoms with Gasteiger partial charge in [-0.2, -0.15) is 0 Å². The van der Waals surface area contributed by atoms with Crippen molar-refractivity contribution in [1.82, 2.24) is 4.90 Å². The second-order valence-electron chi connectivity index (χ2n) is 10.2. The van der Waals surface area contributed by atoms with Gasteiger partial charge in [-0.25, -0.2) is 0 Å². The van der Waals surface area contributed by atoms with Crippen molar-refractivity contribution in [2.24, 2.45) is 0 Å². The van der Waals surface area contributed by atoms with Crippen molar-refractivity contribution in [2.45, 2.75) is 65.2 Å². The molecule has 2 aromatic carbocycles. The molecule has 0 atom stereocenters. The number of carbonyl (C=O) groups excluding carboxylic acids is 3. The summed E-state index contributed by atoms with van der Waals surface area (Å²) in [6.45, 7) is 6.69. The number of nitrogens with zero attached hydrogens (tertiary/aromatic N) is 1. The zero-order chi connectivity index (χ0) is 27.0. The molecule has 1 aliphatic heterocycles. The van der Waals surface area contributed by atoms with E-state index in [1.54, 1.807) is 0 Å². The van der Waals surface area contributed by atoms with Crippen LogP contribution in [0.2, 0.25) is 0 Å². The number of aryl methyl sites for hydroxylation is 1. The maximum Gasteiger partial charge on any atom is 0.262 e. The van der Waals surface area contributed by atoms with Gasteiger partial charge in [0.25, 0.3) is 5.91 Å². The first-order valence-electron chi connectivity index (χ1n) is 13.4. The van der Waals surface area contributed by atoms with Crippen molar-refractivity contribution in [2.75, 3.05) is 18.5 Å². The number of anilines is 1. The molecule has 38 heavy (non-hydrogen) atoms. The molecule has 1 heterocycles. The van der Waals surface area contributed by atoms with Gasteiger partial charge in [0.2, 0.25) is 0 Å². The highest BCUT2D eigenvalue weighted by Gasteiger charge is 2.42. The molecule has 198 valence electrons. The quantitative estimate of drug-likeness (QED) is 0.424. The number of rotatable bonds is 6. The standard InChI is InChI=1S/C31H33BrN2O4/c1-4-34-23-10-6-12-25(35)30(23)29(31-24(34)11-7-13-26(31)36)20-14-15-27(21(32)16-20)38-17-28(37)33-22-9-5-8-18(2)19(22)3/h5,8-9,14-16,29H,4,6-7,10-13,17H2,1-3H3,(H,33,37). The summed E-state index contributed by atoms with van der Waals surface area (Å²) in [5.74, 6) is 0.204. The Balaban J connectivity index is 1.42. The number of allylic oxidation sites excluding steroid dienone is 4. The molecule has 0 radical (unpaired) electrons. The minimum absolute atomic E-state index is 0.137. The summed E-state index contributed by atoms with van der Waals surface area (Å²) in [6, 6.07) is 11.5. The molecule has 0 aromatic heterocycles. The molecule has 1 N–H and O–H groups in total. The van der Waals surface area contributed by atoms with Crippen LogP contribution in [0.4, 0.5) is 5.69 Å². The Labute approximate surface area is 232 Å². The lowest BCUT2D eigenvalue weighted by Crippen LogP contribution is -2.39. The van der Waals surface area contributed by atoms with Crippen molar-refractivity contribution >= 4 is 39.1 Å². The van der Waals surface area contributed by atoms with Gasteiger partial charge < -0.3 is 15.0 Å². The maximum atomic E-state index is 13.3. The molecule has 0 saturated carbocycles. The number of Topliss-reactive ketones (excluding diaryl/α,β-unsaturated/α-hetero) is 2. The molecular weight excluding hydrogens is 544 g/mol. The largest absolute Gasteiger partial charge is 0.483 e. The van der Waals surface area contributed by atoms with E-state index >= 15 is 0 Å². The number of amides is 1. The number of ketones is 2. The number of ether oxygens (including phenoxy) is 1. The third-order valence-corrected chi connectivity index (χ3v) is 8.55. The molecule has 0 fully saturated rings. The van der Waals surface area contributed by atoms with Crippen LogP contribution >= 0.6 is 15.9 Å². The summed E-state index contributed by atoms with van der Waals surface area (Å²) in [5.41, 5.74) is 7.53. The summed E-state index contributed by atoms with van der Waals surface area (Å²) in [6.07, 6.45) is 4.43. The van der Waals surface area contributed by atoms with Gasteiger partial charge in [0.05, 0.1) is 4.47 Å². The average molecular weight is 578 g/mol. The first-order chi connectivity index (χ1) is 18.3. The Kier molecular flexibility index (Phi) is 7.57. The monoisotopic (exact) mass is 576 g/mol. The normalized spacial score (nSPS) is 17.9. The van der Waals surface area contributed by atoms with E-state index in [-0.39, 0.29) is 30.0 Å². The average Bonchev–Trinajstić information content (AvgIpc) is 2.90. The van der Waals surface area contributed by atoms with E-state index in [0.717, 1.165) is 77.1 Å². The van der Waals surface area contributed by atoms with E-state index in [1.807, 2.05) is 50.2 Å². The summed E-state index contributed by atoms with van der Waals surface area (Å²) in [5, 5.41) is 2.91. The predicted molar refractivity (Wildman–Crippen MR) is 151 cm³/mol. The van der Waals surface area contributed by atoms with E-state index in [4.69, 9.17) is 4.74 Å². The molecular formula is C31H33BrN2O4. The fourth-order valence-corrected chi connectivity index (χ4v) is 6.47. The van der Waals surface area contributed by atoms with Crippen LogP contribution in [0.25, 0.3) is 0 Å². The lowest BCUT2D eigenvalue weighted by Gasteiger charge is -2.43. The Bertz CT molecular complexity index is 1350. The predicted octanol–water partition coefficient (Wildman–Crippen LogP) is 6.52. The Morgan fingerprint density at radius 2 is 1.66 bits per heavy atom. The highest BCUT2D eigenvalue weighted by atomic mass is 79.9. The second-order valence-corrected chi connectivity index (χ2v) is 11.1. The first kappa shape index (κ1) is 26.4. The van der Waals surface area contributed by atoms with Gasteiger partial charge in [0.1, 0.15) is 5.75 Å². The molecule has 1 amide bonds. The van der Waals surface area contributed by atoms with Crippen molar-refractivity contribution in [3.63, 3.8) is 0 Å². The van der Waals surface area contributed by atoms with Crippen LogP contribution in [-0.2, 0) is 14.4 Å². The molecule has 0 saturated heterocycles. The van der Waals surface area contributed by atoms with Crippen molar-refractivity contribution in [3.8, 4) is 5.75 Å². The molecule has 0 unspecified atom stereocenters. The smallest absolute Gasteiger partial charge is 0.262 e. The number of nitrogens with one attached hydrogen (secondary N) is 1. The Hall–Kier alpha value is -3.19. The van der Waals surface area contributed by atoms with Gasteiger partial charge in [-0.1, -0.05) is 18.2 Å². The van der Waals surface area contributed by atoms with Crippen LogP contribution in [0.5, 0.6) is 5.75 Å². The van der Waals surface area contributed by atoms with Gasteiger partial charge in [-0.05, 0) is 97.3 Å². The van der Waals surface area contributed by atoms with Crippen LogP contribution in [0.15, 0.2) is 63.4 Å². The van der Waals surface area contributed by atoms with Crippen LogP contribution in [-0.4, -0.2) is 35.5 Å². The highest BCUT2D eigenvalue weighted by molar-refractivity contribution is 9.10. The fourth-order valence-electron chi connectivity index (χ4n) is 5.96. The number of benzene rings is 2. The van der Waals surface area contributed by atoms with Crippen LogP contribution in [0, 0.1) is 13.8 Å². The highest BCUT2D eigenvalue weighted by Crippen LogP contribution is 2.49. The molecule has 2 aromatic rings. The van der Waals surface area contributed by atoms with Gasteiger partial charge in [0, 0.05) is 53.5 Å². The molecule has 3 aliphatic rings. The van der Waals surface area contributed by atoms with Crippen molar-refractivity contribution < 1.29 is 19.1 Å². The van der Waals surface area contributed by atoms with E-state index in [9.17, 15) is 14.4 Å². The van der Waals surface area contributed by atoms with Crippen LogP contribution < -0.4 is 10.1 Å². The summed E-state index contributed by atoms with van der Waals surface area (Å²) in [7, 11) is 0. The van der Waals surface area contributed by atoms with E-state index < -0.39 is 0 Å². The Morgan fingerprint density at radius 3 is 2.26 bits per heavy atom. The minimum Gasteiger partial charge on any atom is -0.483 e. The van der Waals surface area contributed by atoms with Gasteiger partial charge in [-0.3, -0.25) is 14.4 Å². The second kappa shape index (κ2) is 10.9.